The van der Waals surface area contributed by atoms with Crippen molar-refractivity contribution in [2.45, 2.75) is 13.8 Å². The van der Waals surface area contributed by atoms with Crippen LogP contribution in [0.2, 0.25) is 0 Å². The number of benzene rings is 1. The molecule has 1 aromatic rings. The van der Waals surface area contributed by atoms with E-state index in [1.807, 2.05) is 19.0 Å². The lowest BCUT2D eigenvalue weighted by Crippen LogP contribution is -2.20. The molecule has 0 heterocycles. The number of hydrogen-bond donors (Lipinski definition) is 0. The van der Waals surface area contributed by atoms with Crippen molar-refractivity contribution in [3.63, 3.8) is 0 Å². The molecular formula is C15H24ClNO3. The second-order valence-corrected chi connectivity index (χ2v) is 5.17. The highest BCUT2D eigenvalue weighted by Crippen LogP contribution is 2.13. The van der Waals surface area contributed by atoms with E-state index in [1.54, 1.807) is 24.3 Å². The lowest BCUT2D eigenvalue weighted by molar-refractivity contribution is 0.0482. The molecule has 0 N–H and O–H groups in total. The van der Waals surface area contributed by atoms with E-state index >= 15 is 0 Å². The van der Waals surface area contributed by atoms with Gasteiger partial charge in [0.05, 0.1) is 12.2 Å². The van der Waals surface area contributed by atoms with Gasteiger partial charge in [-0.1, -0.05) is 13.8 Å². The largest absolute Gasteiger partial charge is 0.493 e. The Bertz CT molecular complexity index is 391. The number of ether oxygens (including phenoxy) is 2. The first-order valence-corrected chi connectivity index (χ1v) is 6.53. The molecule has 4 nitrogen and oxygen atoms in total. The van der Waals surface area contributed by atoms with Gasteiger partial charge in [-0.3, -0.25) is 0 Å². The Morgan fingerprint density at radius 2 is 1.80 bits per heavy atom. The fourth-order valence-electron chi connectivity index (χ4n) is 1.35. The summed E-state index contributed by atoms with van der Waals surface area (Å²) in [5.74, 6) is 0.964. The molecule has 0 saturated carbocycles. The van der Waals surface area contributed by atoms with Crippen LogP contribution in [0.4, 0.5) is 0 Å². The molecule has 0 saturated heterocycles. The highest BCUT2D eigenvalue weighted by Gasteiger charge is 2.07. The third-order valence-corrected chi connectivity index (χ3v) is 2.45. The van der Waals surface area contributed by atoms with Crippen LogP contribution >= 0.6 is 12.4 Å². The number of likely N-dealkylation sites (N-methyl/N-ethyl adjacent to an activating group) is 1. The maximum absolute atomic E-state index is 11.7. The molecule has 0 aromatic heterocycles. The monoisotopic (exact) mass is 301 g/mol. The maximum atomic E-state index is 11.7. The molecule has 1 aromatic carbocycles. The molecule has 0 aliphatic rings. The third kappa shape index (κ3) is 7.36. The number of rotatable bonds is 7. The predicted octanol–water partition coefficient (Wildman–Crippen LogP) is 2.86. The quantitative estimate of drug-likeness (QED) is 0.726. The topological polar surface area (TPSA) is 38.8 Å². The summed E-state index contributed by atoms with van der Waals surface area (Å²) < 4.78 is 10.7. The lowest BCUT2D eigenvalue weighted by atomic mass is 10.2. The summed E-state index contributed by atoms with van der Waals surface area (Å²) in [6.45, 7) is 5.98. The molecule has 114 valence electrons. The molecule has 5 heteroatoms. The third-order valence-electron chi connectivity index (χ3n) is 2.45. The lowest BCUT2D eigenvalue weighted by Gasteiger charge is -2.11. The van der Waals surface area contributed by atoms with Crippen molar-refractivity contribution >= 4 is 18.4 Å². The average molecular weight is 302 g/mol. The smallest absolute Gasteiger partial charge is 0.338 e. The Morgan fingerprint density at radius 1 is 1.20 bits per heavy atom. The summed E-state index contributed by atoms with van der Waals surface area (Å²) in [6.07, 6.45) is 0. The van der Waals surface area contributed by atoms with Gasteiger partial charge < -0.3 is 14.4 Å². The number of halogens is 1. The van der Waals surface area contributed by atoms with E-state index in [4.69, 9.17) is 9.47 Å². The zero-order chi connectivity index (χ0) is 14.3. The molecule has 1 rings (SSSR count). The summed E-state index contributed by atoms with van der Waals surface area (Å²) in [6, 6.07) is 7.05. The van der Waals surface area contributed by atoms with Gasteiger partial charge in [-0.05, 0) is 44.3 Å². The number of nitrogens with zero attached hydrogens (tertiary/aromatic N) is 1. The standard InChI is InChI=1S/C15H23NO3.ClH/c1-12(2)11-19-14-7-5-13(6-8-14)15(17)18-10-9-16(3)4;/h5-8,12H,9-11H2,1-4H3;1H. The minimum Gasteiger partial charge on any atom is -0.493 e. The summed E-state index contributed by atoms with van der Waals surface area (Å²) in [7, 11) is 3.88. The van der Waals surface area contributed by atoms with Gasteiger partial charge in [-0.15, -0.1) is 12.4 Å². The summed E-state index contributed by atoms with van der Waals surface area (Å²) in [4.78, 5) is 13.7. The molecule has 0 bridgehead atoms. The van der Waals surface area contributed by atoms with Crippen LogP contribution in [0.3, 0.4) is 0 Å². The van der Waals surface area contributed by atoms with Crippen molar-refractivity contribution < 1.29 is 14.3 Å². The first-order chi connectivity index (χ1) is 8.99. The molecule has 0 atom stereocenters. The van der Waals surface area contributed by atoms with Crippen molar-refractivity contribution in [2.75, 3.05) is 33.9 Å². The highest BCUT2D eigenvalue weighted by molar-refractivity contribution is 5.89. The molecule has 20 heavy (non-hydrogen) atoms. The van der Waals surface area contributed by atoms with E-state index in [0.29, 0.717) is 24.7 Å². The summed E-state index contributed by atoms with van der Waals surface area (Å²) in [5, 5.41) is 0. The average Bonchev–Trinajstić information content (AvgIpc) is 2.36. The number of hydrogen-bond acceptors (Lipinski definition) is 4. The highest BCUT2D eigenvalue weighted by atomic mass is 35.5. The first-order valence-electron chi connectivity index (χ1n) is 6.53. The number of carbonyl (C=O) groups excluding carboxylic acids is 1. The second-order valence-electron chi connectivity index (χ2n) is 5.17. The van der Waals surface area contributed by atoms with Crippen LogP contribution in [0.25, 0.3) is 0 Å². The molecular weight excluding hydrogens is 278 g/mol. The van der Waals surface area contributed by atoms with Crippen molar-refractivity contribution in [1.29, 1.82) is 0 Å². The molecule has 0 radical (unpaired) electrons. The molecule has 0 spiro atoms. The van der Waals surface area contributed by atoms with Crippen molar-refractivity contribution in [2.24, 2.45) is 5.92 Å². The van der Waals surface area contributed by atoms with Gasteiger partial charge in [-0.25, -0.2) is 4.79 Å². The van der Waals surface area contributed by atoms with E-state index in [0.717, 1.165) is 12.3 Å². The molecule has 0 fully saturated rings. The van der Waals surface area contributed by atoms with E-state index < -0.39 is 0 Å². The van der Waals surface area contributed by atoms with Gasteiger partial charge in [0, 0.05) is 6.54 Å². The van der Waals surface area contributed by atoms with Crippen LogP contribution in [-0.2, 0) is 4.74 Å². The van der Waals surface area contributed by atoms with Gasteiger partial charge in [0.25, 0.3) is 0 Å². The van der Waals surface area contributed by atoms with Crippen LogP contribution in [0.1, 0.15) is 24.2 Å². The molecule has 0 aliphatic carbocycles. The Balaban J connectivity index is 0.00000361. The Kier molecular flexibility index (Phi) is 9.01. The minimum atomic E-state index is -0.294. The van der Waals surface area contributed by atoms with Crippen LogP contribution in [0, 0.1) is 5.92 Å². The van der Waals surface area contributed by atoms with E-state index in [2.05, 4.69) is 13.8 Å². The zero-order valence-electron chi connectivity index (χ0n) is 12.6. The zero-order valence-corrected chi connectivity index (χ0v) is 13.4. The van der Waals surface area contributed by atoms with Crippen molar-refractivity contribution in [3.8, 4) is 5.75 Å². The van der Waals surface area contributed by atoms with Crippen LogP contribution < -0.4 is 4.74 Å². The van der Waals surface area contributed by atoms with Gasteiger partial charge in [-0.2, -0.15) is 0 Å². The van der Waals surface area contributed by atoms with Crippen LogP contribution in [0.15, 0.2) is 24.3 Å². The number of esters is 1. The normalized spacial score (nSPS) is 10.3. The van der Waals surface area contributed by atoms with E-state index in [1.165, 1.54) is 0 Å². The number of carbonyl (C=O) groups is 1. The fourth-order valence-corrected chi connectivity index (χ4v) is 1.35. The Morgan fingerprint density at radius 3 is 2.30 bits per heavy atom. The molecule has 0 aliphatic heterocycles. The van der Waals surface area contributed by atoms with Gasteiger partial charge >= 0.3 is 5.97 Å². The first kappa shape index (κ1) is 18.7. The summed E-state index contributed by atoms with van der Waals surface area (Å²) in [5.41, 5.74) is 0.552. The SMILES string of the molecule is CC(C)COc1ccc(C(=O)OCCN(C)C)cc1.Cl. The predicted molar refractivity (Wildman–Crippen MR) is 82.9 cm³/mol. The van der Waals surface area contributed by atoms with Crippen molar-refractivity contribution in [1.82, 2.24) is 4.90 Å². The second kappa shape index (κ2) is 9.61. The van der Waals surface area contributed by atoms with Gasteiger partial charge in [0.1, 0.15) is 12.4 Å². The summed E-state index contributed by atoms with van der Waals surface area (Å²) >= 11 is 0. The fraction of sp³-hybridized carbons (Fsp3) is 0.533. The van der Waals surface area contributed by atoms with Crippen molar-refractivity contribution in [3.05, 3.63) is 29.8 Å². The Hall–Kier alpha value is -1.26. The van der Waals surface area contributed by atoms with Crippen LogP contribution in [0.5, 0.6) is 5.75 Å². The van der Waals surface area contributed by atoms with Crippen LogP contribution in [-0.4, -0.2) is 44.7 Å². The van der Waals surface area contributed by atoms with E-state index in [-0.39, 0.29) is 18.4 Å². The minimum absolute atomic E-state index is 0. The van der Waals surface area contributed by atoms with Gasteiger partial charge in [0.2, 0.25) is 0 Å². The maximum Gasteiger partial charge on any atom is 0.338 e. The Labute approximate surface area is 127 Å². The molecule has 0 amide bonds. The molecule has 0 unspecified atom stereocenters. The van der Waals surface area contributed by atoms with E-state index in [9.17, 15) is 4.79 Å². The van der Waals surface area contributed by atoms with Gasteiger partial charge in [0.15, 0.2) is 0 Å².